The molecule has 0 aliphatic carbocycles. The van der Waals surface area contributed by atoms with E-state index in [9.17, 15) is 14.4 Å². The molecule has 0 spiro atoms. The number of urea groups is 1. The molecule has 1 fully saturated rings. The van der Waals surface area contributed by atoms with Crippen LogP contribution in [0.25, 0.3) is 0 Å². The average molecular weight is 243 g/mol. The van der Waals surface area contributed by atoms with Crippen LogP contribution in [0, 0.1) is 5.92 Å². The maximum atomic E-state index is 11.8. The first-order valence-electron chi connectivity index (χ1n) is 5.43. The minimum atomic E-state index is -1.03. The van der Waals surface area contributed by atoms with Crippen molar-refractivity contribution in [1.82, 2.24) is 10.2 Å². The third kappa shape index (κ3) is 2.86. The Balaban J connectivity index is 2.69. The number of nitrogens with zero attached hydrogens (tertiary/aromatic N) is 1. The molecule has 4 N–H and O–H groups in total. The SMILES string of the molecule is CC(NC(=O)N1CCC(C)C1C(=O)O)C(N)=O. The summed E-state index contributed by atoms with van der Waals surface area (Å²) in [5, 5.41) is 11.4. The van der Waals surface area contributed by atoms with Crippen LogP contribution in [0.2, 0.25) is 0 Å². The number of rotatable bonds is 3. The highest BCUT2D eigenvalue weighted by Gasteiger charge is 2.39. The number of likely N-dealkylation sites (tertiary alicyclic amines) is 1. The van der Waals surface area contributed by atoms with E-state index in [2.05, 4.69) is 5.32 Å². The maximum Gasteiger partial charge on any atom is 0.326 e. The molecule has 0 saturated carbocycles. The van der Waals surface area contributed by atoms with E-state index in [4.69, 9.17) is 10.8 Å². The number of nitrogens with one attached hydrogen (secondary N) is 1. The molecule has 96 valence electrons. The van der Waals surface area contributed by atoms with Gasteiger partial charge in [-0.05, 0) is 19.3 Å². The molecular weight excluding hydrogens is 226 g/mol. The molecule has 0 radical (unpaired) electrons. The fourth-order valence-electron chi connectivity index (χ4n) is 1.89. The van der Waals surface area contributed by atoms with Crippen molar-refractivity contribution in [2.75, 3.05) is 6.54 Å². The molecule has 1 aliphatic heterocycles. The lowest BCUT2D eigenvalue weighted by Gasteiger charge is -2.24. The van der Waals surface area contributed by atoms with Gasteiger partial charge in [0.2, 0.25) is 5.91 Å². The molecule has 0 aromatic heterocycles. The second kappa shape index (κ2) is 5.03. The number of aliphatic carboxylic acids is 1. The van der Waals surface area contributed by atoms with Gasteiger partial charge in [-0.2, -0.15) is 0 Å². The summed E-state index contributed by atoms with van der Waals surface area (Å²) in [6.45, 7) is 3.61. The molecule has 3 atom stereocenters. The van der Waals surface area contributed by atoms with E-state index >= 15 is 0 Å². The zero-order valence-corrected chi connectivity index (χ0v) is 9.84. The smallest absolute Gasteiger partial charge is 0.326 e. The van der Waals surface area contributed by atoms with Crippen molar-refractivity contribution in [3.8, 4) is 0 Å². The molecule has 3 unspecified atom stereocenters. The molecule has 1 rings (SSSR count). The van der Waals surface area contributed by atoms with Crippen molar-refractivity contribution in [2.45, 2.75) is 32.4 Å². The van der Waals surface area contributed by atoms with E-state index in [-0.39, 0.29) is 5.92 Å². The number of hydrogen-bond donors (Lipinski definition) is 3. The highest BCUT2D eigenvalue weighted by molar-refractivity contribution is 5.88. The fourth-order valence-corrected chi connectivity index (χ4v) is 1.89. The van der Waals surface area contributed by atoms with Gasteiger partial charge in [-0.15, -0.1) is 0 Å². The lowest BCUT2D eigenvalue weighted by atomic mass is 10.0. The Bertz CT molecular complexity index is 344. The van der Waals surface area contributed by atoms with Gasteiger partial charge >= 0.3 is 12.0 Å². The van der Waals surface area contributed by atoms with E-state index in [0.29, 0.717) is 13.0 Å². The summed E-state index contributed by atoms with van der Waals surface area (Å²) in [6, 6.07) is -2.21. The lowest BCUT2D eigenvalue weighted by Crippen LogP contribution is -2.52. The van der Waals surface area contributed by atoms with Crippen LogP contribution in [0.5, 0.6) is 0 Å². The molecule has 1 aliphatic rings. The van der Waals surface area contributed by atoms with Gasteiger partial charge in [0.15, 0.2) is 0 Å². The van der Waals surface area contributed by atoms with E-state index in [1.54, 1.807) is 6.92 Å². The summed E-state index contributed by atoms with van der Waals surface area (Å²) in [4.78, 5) is 34.8. The zero-order valence-electron chi connectivity index (χ0n) is 9.84. The Morgan fingerprint density at radius 3 is 2.53 bits per heavy atom. The monoisotopic (exact) mass is 243 g/mol. The third-order valence-electron chi connectivity index (χ3n) is 2.98. The Morgan fingerprint density at radius 2 is 2.06 bits per heavy atom. The lowest BCUT2D eigenvalue weighted by molar-refractivity contribution is -0.142. The van der Waals surface area contributed by atoms with Crippen LogP contribution in [0.4, 0.5) is 4.79 Å². The Hall–Kier alpha value is -1.79. The van der Waals surface area contributed by atoms with Crippen LogP contribution >= 0.6 is 0 Å². The van der Waals surface area contributed by atoms with E-state index < -0.39 is 30.0 Å². The van der Waals surface area contributed by atoms with Crippen LogP contribution in [0.1, 0.15) is 20.3 Å². The molecule has 1 saturated heterocycles. The van der Waals surface area contributed by atoms with E-state index in [1.807, 2.05) is 0 Å². The van der Waals surface area contributed by atoms with Crippen LogP contribution in [-0.4, -0.2) is 46.5 Å². The number of hydrogen-bond acceptors (Lipinski definition) is 3. The maximum absolute atomic E-state index is 11.8. The van der Waals surface area contributed by atoms with Gasteiger partial charge in [0, 0.05) is 6.54 Å². The van der Waals surface area contributed by atoms with Crippen molar-refractivity contribution in [1.29, 1.82) is 0 Å². The van der Waals surface area contributed by atoms with Crippen molar-refractivity contribution in [2.24, 2.45) is 11.7 Å². The number of carboxylic acid groups (broad SMARTS) is 1. The number of carbonyl (C=O) groups is 3. The Kier molecular flexibility index (Phi) is 3.93. The summed E-state index contributed by atoms with van der Waals surface area (Å²) in [6.07, 6.45) is 0.634. The van der Waals surface area contributed by atoms with E-state index in [0.717, 1.165) is 0 Å². The van der Waals surface area contributed by atoms with Crippen LogP contribution in [-0.2, 0) is 9.59 Å². The van der Waals surface area contributed by atoms with Gasteiger partial charge in [-0.25, -0.2) is 9.59 Å². The summed E-state index contributed by atoms with van der Waals surface area (Å²) in [5.41, 5.74) is 5.02. The van der Waals surface area contributed by atoms with Crippen molar-refractivity contribution < 1.29 is 19.5 Å². The van der Waals surface area contributed by atoms with Gasteiger partial charge in [0.05, 0.1) is 0 Å². The Labute approximate surface area is 98.9 Å². The number of carboxylic acids is 1. The molecule has 7 nitrogen and oxygen atoms in total. The van der Waals surface area contributed by atoms with Gasteiger partial charge in [-0.3, -0.25) is 4.79 Å². The van der Waals surface area contributed by atoms with Gasteiger partial charge < -0.3 is 21.1 Å². The predicted molar refractivity (Wildman–Crippen MR) is 59.1 cm³/mol. The van der Waals surface area contributed by atoms with Gasteiger partial charge in [0.1, 0.15) is 12.1 Å². The fraction of sp³-hybridized carbons (Fsp3) is 0.700. The second-order valence-corrected chi connectivity index (χ2v) is 4.32. The van der Waals surface area contributed by atoms with Crippen LogP contribution in [0.3, 0.4) is 0 Å². The zero-order chi connectivity index (χ0) is 13.2. The molecule has 0 aromatic carbocycles. The summed E-state index contributed by atoms with van der Waals surface area (Å²) < 4.78 is 0. The summed E-state index contributed by atoms with van der Waals surface area (Å²) in [7, 11) is 0. The van der Waals surface area contributed by atoms with Crippen LogP contribution in [0.15, 0.2) is 0 Å². The van der Waals surface area contributed by atoms with Crippen LogP contribution < -0.4 is 11.1 Å². The first kappa shape index (κ1) is 13.3. The topological polar surface area (TPSA) is 113 Å². The molecule has 17 heavy (non-hydrogen) atoms. The number of amides is 3. The Morgan fingerprint density at radius 1 is 1.47 bits per heavy atom. The number of nitrogens with two attached hydrogens (primary N) is 1. The highest BCUT2D eigenvalue weighted by Crippen LogP contribution is 2.24. The molecule has 1 heterocycles. The molecule has 7 heteroatoms. The number of primary amides is 1. The molecule has 0 bridgehead atoms. The first-order valence-corrected chi connectivity index (χ1v) is 5.43. The van der Waals surface area contributed by atoms with Gasteiger partial charge in [-0.1, -0.05) is 6.92 Å². The standard InChI is InChI=1S/C10H17N3O4/c1-5-3-4-13(7(5)9(15)16)10(17)12-6(2)8(11)14/h5-7H,3-4H2,1-2H3,(H2,11,14)(H,12,17)(H,15,16). The predicted octanol–water partition coefficient (Wildman–Crippen LogP) is -0.635. The quantitative estimate of drug-likeness (QED) is 0.612. The summed E-state index contributed by atoms with van der Waals surface area (Å²) >= 11 is 0. The first-order chi connectivity index (χ1) is 7.84. The molecule has 0 aromatic rings. The summed E-state index contributed by atoms with van der Waals surface area (Å²) in [5.74, 6) is -1.78. The number of carbonyl (C=O) groups excluding carboxylic acids is 2. The van der Waals surface area contributed by atoms with Crippen molar-refractivity contribution in [3.63, 3.8) is 0 Å². The third-order valence-corrected chi connectivity index (χ3v) is 2.98. The average Bonchev–Trinajstić information content (AvgIpc) is 2.59. The largest absolute Gasteiger partial charge is 0.480 e. The van der Waals surface area contributed by atoms with E-state index in [1.165, 1.54) is 11.8 Å². The van der Waals surface area contributed by atoms with Crippen molar-refractivity contribution in [3.05, 3.63) is 0 Å². The minimum absolute atomic E-state index is 0.0952. The van der Waals surface area contributed by atoms with Crippen molar-refractivity contribution >= 4 is 17.9 Å². The van der Waals surface area contributed by atoms with Gasteiger partial charge in [0.25, 0.3) is 0 Å². The minimum Gasteiger partial charge on any atom is -0.480 e. The normalized spacial score (nSPS) is 25.4. The molecule has 3 amide bonds. The second-order valence-electron chi connectivity index (χ2n) is 4.32. The molecular formula is C10H17N3O4. The highest BCUT2D eigenvalue weighted by atomic mass is 16.4.